The predicted octanol–water partition coefficient (Wildman–Crippen LogP) is 1.57. The van der Waals surface area contributed by atoms with E-state index < -0.39 is 11.6 Å². The zero-order chi connectivity index (χ0) is 19.6. The fourth-order valence-corrected chi connectivity index (χ4v) is 4.13. The number of esters is 1. The summed E-state index contributed by atoms with van der Waals surface area (Å²) in [4.78, 5) is 30.0. The van der Waals surface area contributed by atoms with Crippen LogP contribution in [-0.2, 0) is 34.9 Å². The summed E-state index contributed by atoms with van der Waals surface area (Å²) in [6.07, 6.45) is 0.115. The van der Waals surface area contributed by atoms with Crippen LogP contribution in [0.25, 0.3) is 22.3 Å². The molecule has 0 aliphatic carbocycles. The van der Waals surface area contributed by atoms with E-state index in [9.17, 15) is 19.8 Å². The Kier molecular flexibility index (Phi) is 3.50. The number of carbonyl (C=O) groups excluding carboxylic acids is 1. The number of aliphatic hydroxyl groups excluding tert-OH is 1. The number of nitrogens with zero attached hydrogens (tertiary/aromatic N) is 2. The third-order valence-electron chi connectivity index (χ3n) is 5.75. The Morgan fingerprint density at radius 3 is 2.82 bits per heavy atom. The molecule has 0 bridgehead atoms. The number of ether oxygens (including phenoxy) is 1. The molecule has 1 atom stereocenters. The highest BCUT2D eigenvalue weighted by atomic mass is 16.6. The number of hydrogen-bond acceptors (Lipinski definition) is 6. The average molecular weight is 378 g/mol. The monoisotopic (exact) mass is 378 g/mol. The second-order valence-electron chi connectivity index (χ2n) is 7.28. The van der Waals surface area contributed by atoms with Crippen molar-refractivity contribution >= 4 is 16.9 Å². The first-order chi connectivity index (χ1) is 13.5. The zero-order valence-corrected chi connectivity index (χ0v) is 15.2. The van der Waals surface area contributed by atoms with Gasteiger partial charge in [-0.3, -0.25) is 4.79 Å². The first kappa shape index (κ1) is 17.1. The number of benzene rings is 1. The SMILES string of the molecule is CC[C@@]1(O)C(=O)OCc2c1cc1n(c2=O)Cc2cc3cc(CO)ccc3nc2-1. The van der Waals surface area contributed by atoms with Gasteiger partial charge in [0.2, 0.25) is 0 Å². The minimum atomic E-state index is -1.82. The van der Waals surface area contributed by atoms with Gasteiger partial charge in [0, 0.05) is 16.5 Å². The third kappa shape index (κ3) is 2.14. The lowest BCUT2D eigenvalue weighted by molar-refractivity contribution is -0.172. The second-order valence-corrected chi connectivity index (χ2v) is 7.28. The van der Waals surface area contributed by atoms with Crippen LogP contribution in [-0.4, -0.2) is 25.7 Å². The molecule has 3 aromatic rings. The number of cyclic esters (lactones) is 1. The lowest BCUT2D eigenvalue weighted by atomic mass is 9.86. The molecule has 28 heavy (non-hydrogen) atoms. The van der Waals surface area contributed by atoms with E-state index in [-0.39, 0.29) is 25.2 Å². The van der Waals surface area contributed by atoms with Gasteiger partial charge in [-0.1, -0.05) is 13.0 Å². The Morgan fingerprint density at radius 1 is 1.25 bits per heavy atom. The van der Waals surface area contributed by atoms with Crippen LogP contribution in [0.15, 0.2) is 35.1 Å². The van der Waals surface area contributed by atoms with Crippen LogP contribution in [0.4, 0.5) is 0 Å². The molecule has 2 aromatic heterocycles. The highest BCUT2D eigenvalue weighted by Crippen LogP contribution is 2.38. The van der Waals surface area contributed by atoms with Crippen molar-refractivity contribution < 1.29 is 19.7 Å². The lowest BCUT2D eigenvalue weighted by Crippen LogP contribution is -2.44. The normalized spacial score (nSPS) is 19.9. The largest absolute Gasteiger partial charge is 0.458 e. The summed E-state index contributed by atoms with van der Waals surface area (Å²) >= 11 is 0. The Bertz CT molecular complexity index is 1230. The van der Waals surface area contributed by atoms with Crippen molar-refractivity contribution in [2.24, 2.45) is 0 Å². The van der Waals surface area contributed by atoms with Crippen LogP contribution in [0.1, 0.15) is 35.6 Å². The van der Waals surface area contributed by atoms with Gasteiger partial charge >= 0.3 is 5.97 Å². The maximum absolute atomic E-state index is 13.1. The highest BCUT2D eigenvalue weighted by Gasteiger charge is 2.45. The predicted molar refractivity (Wildman–Crippen MR) is 100 cm³/mol. The average Bonchev–Trinajstić information content (AvgIpc) is 3.07. The zero-order valence-electron chi connectivity index (χ0n) is 15.2. The van der Waals surface area contributed by atoms with Crippen molar-refractivity contribution in [3.05, 3.63) is 62.9 Å². The third-order valence-corrected chi connectivity index (χ3v) is 5.75. The summed E-state index contributed by atoms with van der Waals surface area (Å²) < 4.78 is 6.68. The molecule has 142 valence electrons. The molecule has 0 fully saturated rings. The van der Waals surface area contributed by atoms with Crippen molar-refractivity contribution in [1.82, 2.24) is 9.55 Å². The molecule has 0 amide bonds. The maximum atomic E-state index is 13.1. The van der Waals surface area contributed by atoms with Crippen LogP contribution in [0.2, 0.25) is 0 Å². The van der Waals surface area contributed by atoms with Crippen LogP contribution in [0.3, 0.4) is 0 Å². The summed E-state index contributed by atoms with van der Waals surface area (Å²) in [6.45, 7) is 1.85. The van der Waals surface area contributed by atoms with E-state index in [0.717, 1.165) is 22.0 Å². The van der Waals surface area contributed by atoms with Gasteiger partial charge in [0.15, 0.2) is 5.60 Å². The number of hydrogen-bond donors (Lipinski definition) is 2. The molecular weight excluding hydrogens is 360 g/mol. The summed E-state index contributed by atoms with van der Waals surface area (Å²) in [5.41, 5.74) is 2.22. The van der Waals surface area contributed by atoms with E-state index in [1.807, 2.05) is 24.3 Å². The Morgan fingerprint density at radius 2 is 2.07 bits per heavy atom. The number of fused-ring (bicyclic) bond motifs is 5. The van der Waals surface area contributed by atoms with E-state index in [0.29, 0.717) is 29.1 Å². The molecule has 0 unspecified atom stereocenters. The van der Waals surface area contributed by atoms with Crippen molar-refractivity contribution in [3.8, 4) is 11.4 Å². The van der Waals surface area contributed by atoms with E-state index in [2.05, 4.69) is 0 Å². The first-order valence-electron chi connectivity index (χ1n) is 9.17. The number of aromatic nitrogens is 2. The van der Waals surface area contributed by atoms with Gasteiger partial charge in [0.1, 0.15) is 6.61 Å². The van der Waals surface area contributed by atoms with Crippen LogP contribution in [0, 0.1) is 0 Å². The second kappa shape index (κ2) is 5.73. The summed E-state index contributed by atoms with van der Waals surface area (Å²) in [5, 5.41) is 21.1. The lowest BCUT2D eigenvalue weighted by Gasteiger charge is -2.31. The van der Waals surface area contributed by atoms with Gasteiger partial charge in [-0.15, -0.1) is 0 Å². The number of rotatable bonds is 2. The van der Waals surface area contributed by atoms with Gasteiger partial charge in [-0.05, 0) is 36.2 Å². The summed E-state index contributed by atoms with van der Waals surface area (Å²) in [7, 11) is 0. The van der Waals surface area contributed by atoms with E-state index in [4.69, 9.17) is 9.72 Å². The molecule has 5 rings (SSSR count). The molecule has 2 N–H and O–H groups in total. The molecule has 2 aliphatic rings. The molecule has 0 saturated carbocycles. The smallest absolute Gasteiger partial charge is 0.343 e. The standard InChI is InChI=1S/C21H18N2O5/c1-2-21(27)15-7-17-18-13(6-12-5-11(9-24)3-4-16(12)22-18)8-23(17)19(25)14(15)10-28-20(21)26/h3-7,24,27H,2,8-10H2,1H3/t21-/m0/s1. The molecule has 7 nitrogen and oxygen atoms in total. The Labute approximate surface area is 159 Å². The number of pyridine rings is 2. The molecule has 0 spiro atoms. The molecule has 1 aromatic carbocycles. The van der Waals surface area contributed by atoms with Gasteiger partial charge in [0.05, 0.1) is 35.6 Å². The molecule has 0 radical (unpaired) electrons. The van der Waals surface area contributed by atoms with Crippen LogP contribution in [0.5, 0.6) is 0 Å². The van der Waals surface area contributed by atoms with Crippen LogP contribution < -0.4 is 5.56 Å². The van der Waals surface area contributed by atoms with Crippen molar-refractivity contribution in [2.45, 2.75) is 38.7 Å². The minimum Gasteiger partial charge on any atom is -0.458 e. The first-order valence-corrected chi connectivity index (χ1v) is 9.17. The quantitative estimate of drug-likeness (QED) is 0.514. The molecule has 2 aliphatic heterocycles. The van der Waals surface area contributed by atoms with Crippen molar-refractivity contribution in [3.63, 3.8) is 0 Å². The summed E-state index contributed by atoms with van der Waals surface area (Å²) in [5.74, 6) is -0.729. The van der Waals surface area contributed by atoms with Crippen molar-refractivity contribution in [1.29, 1.82) is 0 Å². The van der Waals surface area contributed by atoms with E-state index in [1.165, 1.54) is 0 Å². The Balaban J connectivity index is 1.76. The number of carbonyl (C=O) groups is 1. The van der Waals surface area contributed by atoms with Crippen LogP contribution >= 0.6 is 0 Å². The van der Waals surface area contributed by atoms with Gasteiger partial charge < -0.3 is 19.5 Å². The minimum absolute atomic E-state index is 0.0525. The maximum Gasteiger partial charge on any atom is 0.343 e. The topological polar surface area (TPSA) is 102 Å². The molecular formula is C21H18N2O5. The Hall–Kier alpha value is -3.03. The number of aliphatic hydroxyl groups is 2. The molecule has 0 saturated heterocycles. The summed E-state index contributed by atoms with van der Waals surface area (Å²) in [6, 6.07) is 9.19. The van der Waals surface area contributed by atoms with E-state index in [1.54, 1.807) is 17.6 Å². The van der Waals surface area contributed by atoms with Gasteiger partial charge in [0.25, 0.3) is 5.56 Å². The van der Waals surface area contributed by atoms with E-state index >= 15 is 0 Å². The van der Waals surface area contributed by atoms with Gasteiger partial charge in [-0.25, -0.2) is 9.78 Å². The molecule has 4 heterocycles. The molecule has 7 heteroatoms. The highest BCUT2D eigenvalue weighted by molar-refractivity contribution is 5.86. The fraction of sp³-hybridized carbons (Fsp3) is 0.286. The van der Waals surface area contributed by atoms with Gasteiger partial charge in [-0.2, -0.15) is 0 Å². The van der Waals surface area contributed by atoms with Crippen molar-refractivity contribution in [2.75, 3.05) is 0 Å². The fourth-order valence-electron chi connectivity index (χ4n) is 4.13.